The van der Waals surface area contributed by atoms with Gasteiger partial charge in [-0.15, -0.1) is 11.3 Å². The maximum atomic E-state index is 13.1. The Morgan fingerprint density at radius 1 is 1.12 bits per heavy atom. The zero-order valence-corrected chi connectivity index (χ0v) is 15.3. The van der Waals surface area contributed by atoms with Crippen LogP contribution in [0.15, 0.2) is 11.4 Å². The maximum Gasteiger partial charge on any atom is 0.326 e. The van der Waals surface area contributed by atoms with Crippen molar-refractivity contribution >= 4 is 34.2 Å². The number of nitrogens with zero attached hydrogens (tertiary/aromatic N) is 1. The predicted molar refractivity (Wildman–Crippen MR) is 92.5 cm³/mol. The van der Waals surface area contributed by atoms with Crippen LogP contribution in [0.25, 0.3) is 0 Å². The minimum Gasteiger partial charge on any atom is -0.480 e. The van der Waals surface area contributed by atoms with Crippen LogP contribution >= 0.6 is 11.3 Å². The Labute approximate surface area is 145 Å². The molecule has 0 bridgehead atoms. The lowest BCUT2D eigenvalue weighted by Crippen LogP contribution is -2.56. The van der Waals surface area contributed by atoms with Crippen LogP contribution in [0, 0.1) is 12.8 Å². The molecule has 3 N–H and O–H groups in total. The van der Waals surface area contributed by atoms with Gasteiger partial charge in [0, 0.05) is 0 Å². The van der Waals surface area contributed by atoms with E-state index in [-0.39, 0.29) is 5.92 Å². The molecule has 0 aliphatic heterocycles. The quantitative estimate of drug-likeness (QED) is 0.657. The van der Waals surface area contributed by atoms with Gasteiger partial charge in [-0.25, -0.2) is 4.79 Å². The molecular weight excluding hydrogens is 332 g/mol. The normalized spacial score (nSPS) is 14.9. The SMILES string of the molecule is Cc1ccsc1N(C(=O)[C@@H](N[C@@H](C)C(=O)O)C(C)C)[C@@H](C)C(=O)O. The Morgan fingerprint density at radius 2 is 1.71 bits per heavy atom. The smallest absolute Gasteiger partial charge is 0.326 e. The monoisotopic (exact) mass is 356 g/mol. The van der Waals surface area contributed by atoms with Crippen LogP contribution in [0.1, 0.15) is 33.3 Å². The summed E-state index contributed by atoms with van der Waals surface area (Å²) in [6.07, 6.45) is 0. The summed E-state index contributed by atoms with van der Waals surface area (Å²) in [7, 11) is 0. The highest BCUT2D eigenvalue weighted by Crippen LogP contribution is 2.30. The summed E-state index contributed by atoms with van der Waals surface area (Å²) in [5, 5.41) is 23.6. The van der Waals surface area contributed by atoms with Crippen LogP contribution < -0.4 is 10.2 Å². The molecule has 3 atom stereocenters. The molecule has 0 spiro atoms. The fourth-order valence-electron chi connectivity index (χ4n) is 2.23. The van der Waals surface area contributed by atoms with Gasteiger partial charge in [0.05, 0.1) is 6.04 Å². The number of carboxylic acid groups (broad SMARTS) is 2. The van der Waals surface area contributed by atoms with E-state index in [2.05, 4.69) is 5.32 Å². The third-order valence-electron chi connectivity index (χ3n) is 3.77. The number of thiophene rings is 1. The van der Waals surface area contributed by atoms with Crippen molar-refractivity contribution in [1.82, 2.24) is 5.32 Å². The molecule has 0 aliphatic rings. The average molecular weight is 356 g/mol. The molecule has 1 aromatic heterocycles. The fourth-order valence-corrected chi connectivity index (χ4v) is 3.24. The highest BCUT2D eigenvalue weighted by molar-refractivity contribution is 7.14. The Bertz CT molecular complexity index is 613. The van der Waals surface area contributed by atoms with Crippen molar-refractivity contribution in [3.8, 4) is 0 Å². The highest BCUT2D eigenvalue weighted by Gasteiger charge is 2.36. The first-order valence-electron chi connectivity index (χ1n) is 7.66. The van der Waals surface area contributed by atoms with Crippen LogP contribution in [0.3, 0.4) is 0 Å². The number of nitrogens with one attached hydrogen (secondary N) is 1. The van der Waals surface area contributed by atoms with Crippen molar-refractivity contribution in [2.45, 2.75) is 52.7 Å². The van der Waals surface area contributed by atoms with Crippen molar-refractivity contribution in [2.24, 2.45) is 5.92 Å². The van der Waals surface area contributed by atoms with E-state index in [4.69, 9.17) is 5.11 Å². The Balaban J connectivity index is 3.24. The first kappa shape index (κ1) is 20.1. The molecule has 1 amide bonds. The Hall–Kier alpha value is -1.93. The van der Waals surface area contributed by atoms with E-state index in [1.54, 1.807) is 26.2 Å². The second kappa shape index (κ2) is 8.25. The molecule has 7 nitrogen and oxygen atoms in total. The summed E-state index contributed by atoms with van der Waals surface area (Å²) in [5.41, 5.74) is 0.801. The van der Waals surface area contributed by atoms with Crippen molar-refractivity contribution in [1.29, 1.82) is 0 Å². The summed E-state index contributed by atoms with van der Waals surface area (Å²) in [4.78, 5) is 36.9. The minimum atomic E-state index is -1.12. The van der Waals surface area contributed by atoms with Gasteiger partial charge in [-0.3, -0.25) is 19.8 Å². The second-order valence-electron chi connectivity index (χ2n) is 6.08. The molecule has 0 fully saturated rings. The number of aliphatic carboxylic acids is 2. The van der Waals surface area contributed by atoms with Gasteiger partial charge in [0.15, 0.2) is 0 Å². The third kappa shape index (κ3) is 4.55. The van der Waals surface area contributed by atoms with Crippen LogP contribution in [0.5, 0.6) is 0 Å². The summed E-state index contributed by atoms with van der Waals surface area (Å²) >= 11 is 1.28. The lowest BCUT2D eigenvalue weighted by atomic mass is 10.0. The maximum absolute atomic E-state index is 13.1. The number of anilines is 1. The summed E-state index contributed by atoms with van der Waals surface area (Å²) < 4.78 is 0. The van der Waals surface area contributed by atoms with E-state index in [0.29, 0.717) is 5.00 Å². The van der Waals surface area contributed by atoms with Crippen LogP contribution in [0.2, 0.25) is 0 Å². The first-order valence-corrected chi connectivity index (χ1v) is 8.54. The standard InChI is InChI=1S/C16H24N2O5S/c1-8(2)12(17-10(4)15(20)21)13(19)18(11(5)16(22)23)14-9(3)6-7-24-14/h6-8,10-12,17H,1-5H3,(H,20,21)(H,22,23)/t10-,11-,12-/m0/s1. The molecule has 0 saturated heterocycles. The third-order valence-corrected chi connectivity index (χ3v) is 4.78. The van der Waals surface area contributed by atoms with E-state index in [1.807, 2.05) is 6.07 Å². The lowest BCUT2D eigenvalue weighted by Gasteiger charge is -2.32. The number of hydrogen-bond acceptors (Lipinski definition) is 5. The van der Waals surface area contributed by atoms with E-state index in [1.165, 1.54) is 30.1 Å². The van der Waals surface area contributed by atoms with E-state index in [9.17, 15) is 19.5 Å². The minimum absolute atomic E-state index is 0.205. The fraction of sp³-hybridized carbons (Fsp3) is 0.562. The molecule has 1 heterocycles. The number of carbonyl (C=O) groups excluding carboxylic acids is 1. The highest BCUT2D eigenvalue weighted by atomic mass is 32.1. The zero-order chi connectivity index (χ0) is 18.6. The molecule has 0 saturated carbocycles. The van der Waals surface area contributed by atoms with E-state index >= 15 is 0 Å². The molecule has 0 aliphatic carbocycles. The number of carbonyl (C=O) groups is 3. The average Bonchev–Trinajstić information content (AvgIpc) is 2.89. The lowest BCUT2D eigenvalue weighted by molar-refractivity contribution is -0.141. The molecule has 0 radical (unpaired) electrons. The van der Waals surface area contributed by atoms with Gasteiger partial charge < -0.3 is 10.2 Å². The number of rotatable bonds is 8. The van der Waals surface area contributed by atoms with Crippen molar-refractivity contribution in [3.63, 3.8) is 0 Å². The Kier molecular flexibility index (Phi) is 6.92. The Morgan fingerprint density at radius 3 is 2.08 bits per heavy atom. The molecule has 0 unspecified atom stereocenters. The largest absolute Gasteiger partial charge is 0.480 e. The van der Waals surface area contributed by atoms with Crippen molar-refractivity contribution in [3.05, 3.63) is 17.0 Å². The van der Waals surface area contributed by atoms with Gasteiger partial charge in [-0.2, -0.15) is 0 Å². The van der Waals surface area contributed by atoms with Crippen LogP contribution in [-0.4, -0.2) is 46.2 Å². The number of amides is 1. The second-order valence-corrected chi connectivity index (χ2v) is 6.97. The van der Waals surface area contributed by atoms with Crippen LogP contribution in [0.4, 0.5) is 5.00 Å². The van der Waals surface area contributed by atoms with Gasteiger partial charge >= 0.3 is 11.9 Å². The van der Waals surface area contributed by atoms with Gasteiger partial charge in [0.1, 0.15) is 17.1 Å². The zero-order valence-electron chi connectivity index (χ0n) is 14.4. The van der Waals surface area contributed by atoms with E-state index < -0.39 is 36.0 Å². The number of hydrogen-bond donors (Lipinski definition) is 3. The van der Waals surface area contributed by atoms with Gasteiger partial charge in [0.2, 0.25) is 5.91 Å². The number of aryl methyl sites for hydroxylation is 1. The van der Waals surface area contributed by atoms with Crippen molar-refractivity contribution in [2.75, 3.05) is 4.90 Å². The predicted octanol–water partition coefficient (Wildman–Crippen LogP) is 1.95. The van der Waals surface area contributed by atoms with Crippen LogP contribution in [-0.2, 0) is 14.4 Å². The van der Waals surface area contributed by atoms with Gasteiger partial charge in [0.25, 0.3) is 0 Å². The molecular formula is C16H24N2O5S. The van der Waals surface area contributed by atoms with E-state index in [0.717, 1.165) is 5.56 Å². The molecule has 8 heteroatoms. The molecule has 0 aromatic carbocycles. The van der Waals surface area contributed by atoms with Gasteiger partial charge in [-0.05, 0) is 43.7 Å². The molecule has 1 rings (SSSR count). The molecule has 134 valence electrons. The molecule has 24 heavy (non-hydrogen) atoms. The first-order chi connectivity index (χ1) is 11.1. The summed E-state index contributed by atoms with van der Waals surface area (Å²) in [6, 6.07) is -0.975. The summed E-state index contributed by atoms with van der Waals surface area (Å²) in [5.74, 6) is -2.84. The topological polar surface area (TPSA) is 107 Å². The number of carboxylic acids is 2. The van der Waals surface area contributed by atoms with Gasteiger partial charge in [-0.1, -0.05) is 13.8 Å². The van der Waals surface area contributed by atoms with Crippen molar-refractivity contribution < 1.29 is 24.6 Å². The molecule has 1 aromatic rings. The summed E-state index contributed by atoms with van der Waals surface area (Å²) in [6.45, 7) is 8.27.